The number of benzene rings is 2. The van der Waals surface area contributed by atoms with Crippen LogP contribution in [0.4, 0.5) is 0 Å². The lowest BCUT2D eigenvalue weighted by Gasteiger charge is -2.39. The van der Waals surface area contributed by atoms with E-state index in [1.807, 2.05) is 0 Å². The number of ether oxygens (including phenoxy) is 4. The molecule has 45 heavy (non-hydrogen) atoms. The van der Waals surface area contributed by atoms with Gasteiger partial charge < -0.3 is 92.6 Å². The first-order chi connectivity index (χ1) is 20.8. The van der Waals surface area contributed by atoms with Crippen LogP contribution in [0.5, 0.6) is 34.5 Å². The lowest BCUT2D eigenvalue weighted by molar-refractivity contribution is -0.277. The van der Waals surface area contributed by atoms with Gasteiger partial charge >= 0.3 is 11.3 Å². The lowest BCUT2D eigenvalue weighted by atomic mass is 9.99. The molecule has 17 nitrogen and oxygen atoms in total. The summed E-state index contributed by atoms with van der Waals surface area (Å²) in [4.78, 5) is 0. The topological polar surface area (TPSA) is 291 Å². The van der Waals surface area contributed by atoms with Gasteiger partial charge in [-0.05, 0) is 0 Å². The molecule has 12 N–H and O–H groups in total. The number of hydrogen-bond acceptors (Lipinski definition) is 16. The summed E-state index contributed by atoms with van der Waals surface area (Å²) in [6, 6.07) is 5.35. The quantitative estimate of drug-likeness (QED) is 0.0830. The summed E-state index contributed by atoms with van der Waals surface area (Å²) < 4.78 is 28.2. The zero-order valence-electron chi connectivity index (χ0n) is 22.9. The zero-order valence-corrected chi connectivity index (χ0v) is 23.6. The second kappa shape index (κ2) is 13.5. The van der Waals surface area contributed by atoms with Crippen molar-refractivity contribution in [3.63, 3.8) is 0 Å². The molecule has 3 aromatic rings. The maximum absolute atomic E-state index is 10.6. The second-order valence-corrected chi connectivity index (χ2v) is 10.3. The van der Waals surface area contributed by atoms with Gasteiger partial charge in [0.25, 0.3) is 0 Å². The maximum atomic E-state index is 10.6. The highest BCUT2D eigenvalue weighted by molar-refractivity contribution is 5.89. The van der Waals surface area contributed by atoms with E-state index in [9.17, 15) is 61.3 Å². The molecule has 0 spiro atoms. The Morgan fingerprint density at radius 1 is 0.622 bits per heavy atom. The standard InChI is InChI=1S/C27H30O17.ClH/c28-6-16-19(34)21(36)23(38)26(43-16)41-14-4-9(30)3-13-10(14)5-15(25(40-13)8-1-11(31)18(33)12(32)2-8)42-27-24(39)22(37)20(35)17(7-29)44-27;/h1-5,16-17,19-24,26-29,34-39H,6-7H2,(H3-,30,31,32,33);1H. The molecule has 5 rings (SSSR count). The average Bonchev–Trinajstić information content (AvgIpc) is 2.99. The summed E-state index contributed by atoms with van der Waals surface area (Å²) in [7, 11) is 0. The average molecular weight is 663 g/mol. The number of aliphatic hydroxyl groups excluding tert-OH is 8. The molecular formula is C27H31ClO17. The van der Waals surface area contributed by atoms with Crippen molar-refractivity contribution in [2.45, 2.75) is 61.4 Å². The van der Waals surface area contributed by atoms with Crippen LogP contribution in [0.25, 0.3) is 22.3 Å². The number of fused-ring (bicyclic) bond motifs is 1. The summed E-state index contributed by atoms with van der Waals surface area (Å²) in [5.74, 6) is -3.72. The Morgan fingerprint density at radius 2 is 1.11 bits per heavy atom. The van der Waals surface area contributed by atoms with Gasteiger partial charge in [-0.25, -0.2) is 4.42 Å². The van der Waals surface area contributed by atoms with Crippen molar-refractivity contribution in [2.75, 3.05) is 13.2 Å². The maximum Gasteiger partial charge on any atom is 0.402 e. The fourth-order valence-corrected chi connectivity index (χ4v) is 4.87. The highest BCUT2D eigenvalue weighted by Gasteiger charge is 2.47. The predicted molar refractivity (Wildman–Crippen MR) is 142 cm³/mol. The lowest BCUT2D eigenvalue weighted by Crippen LogP contribution is -3.00. The molecule has 2 aliphatic heterocycles. The van der Waals surface area contributed by atoms with Gasteiger partial charge in [-0.1, -0.05) is 0 Å². The highest BCUT2D eigenvalue weighted by atomic mass is 35.5. The fraction of sp³-hybridized carbons (Fsp3) is 0.444. The van der Waals surface area contributed by atoms with Crippen molar-refractivity contribution in [1.82, 2.24) is 0 Å². The number of aromatic hydroxyl groups is 4. The van der Waals surface area contributed by atoms with Gasteiger partial charge in [0.2, 0.25) is 18.3 Å². The van der Waals surface area contributed by atoms with Gasteiger partial charge in [0.05, 0.1) is 24.8 Å². The molecule has 10 atom stereocenters. The van der Waals surface area contributed by atoms with E-state index < -0.39 is 97.6 Å². The normalized spacial score (nSPS) is 31.7. The van der Waals surface area contributed by atoms with E-state index in [-0.39, 0.29) is 46.2 Å². The summed E-state index contributed by atoms with van der Waals surface area (Å²) in [6.45, 7) is -1.51. The van der Waals surface area contributed by atoms with Crippen molar-refractivity contribution in [2.24, 2.45) is 0 Å². The minimum absolute atomic E-state index is 0. The van der Waals surface area contributed by atoms with Crippen LogP contribution in [0.2, 0.25) is 0 Å². The van der Waals surface area contributed by atoms with E-state index >= 15 is 0 Å². The van der Waals surface area contributed by atoms with Crippen molar-refractivity contribution >= 4 is 11.0 Å². The third-order valence-electron chi connectivity index (χ3n) is 7.32. The Bertz CT molecular complexity index is 1480. The number of hydrogen-bond donors (Lipinski definition) is 12. The molecule has 0 amide bonds. The third kappa shape index (κ3) is 6.46. The molecule has 2 aliphatic rings. The first-order valence-corrected chi connectivity index (χ1v) is 13.2. The second-order valence-electron chi connectivity index (χ2n) is 10.3. The van der Waals surface area contributed by atoms with Crippen LogP contribution in [-0.4, -0.2) is 136 Å². The molecule has 0 saturated carbocycles. The number of rotatable bonds is 7. The minimum Gasteiger partial charge on any atom is -1.00 e. The van der Waals surface area contributed by atoms with Crippen LogP contribution in [0.15, 0.2) is 34.7 Å². The van der Waals surface area contributed by atoms with Gasteiger partial charge in [-0.15, -0.1) is 0 Å². The molecule has 1 aromatic heterocycles. The first kappa shape index (κ1) is 34.4. The monoisotopic (exact) mass is 662 g/mol. The van der Waals surface area contributed by atoms with Crippen molar-refractivity contribution in [3.8, 4) is 45.8 Å². The van der Waals surface area contributed by atoms with Gasteiger partial charge in [0.1, 0.15) is 65.7 Å². The molecule has 0 aliphatic carbocycles. The zero-order chi connectivity index (χ0) is 32.0. The molecule has 2 saturated heterocycles. The SMILES string of the molecule is OCC1OC(Oc2cc3c(OC4OC(CO)C(O)C(O)C4O)cc(O)cc3[o+]c2-c2cc(O)c(O)c(O)c2)C(O)C(O)C1O.[Cl-]. The first-order valence-electron chi connectivity index (χ1n) is 13.2. The van der Waals surface area contributed by atoms with Crippen LogP contribution in [0.1, 0.15) is 0 Å². The molecule has 18 heteroatoms. The summed E-state index contributed by atoms with van der Waals surface area (Å²) in [6.07, 6.45) is -16.8. The predicted octanol–water partition coefficient (Wildman–Crippen LogP) is -5.44. The smallest absolute Gasteiger partial charge is 0.402 e. The van der Waals surface area contributed by atoms with Crippen LogP contribution in [0.3, 0.4) is 0 Å². The molecule has 2 fully saturated rings. The molecular weight excluding hydrogens is 632 g/mol. The van der Waals surface area contributed by atoms with E-state index in [1.165, 1.54) is 6.07 Å². The highest BCUT2D eigenvalue weighted by Crippen LogP contribution is 2.45. The van der Waals surface area contributed by atoms with Crippen molar-refractivity contribution in [1.29, 1.82) is 0 Å². The number of phenols is 4. The van der Waals surface area contributed by atoms with E-state index in [0.717, 1.165) is 24.3 Å². The summed E-state index contributed by atoms with van der Waals surface area (Å²) >= 11 is 0. The van der Waals surface area contributed by atoms with Crippen LogP contribution >= 0.6 is 0 Å². The molecule has 0 radical (unpaired) electrons. The van der Waals surface area contributed by atoms with Gasteiger partial charge in [0, 0.05) is 24.3 Å². The minimum atomic E-state index is -1.87. The number of phenolic OH excluding ortho intramolecular Hbond substituents is 4. The Labute approximate surface area is 258 Å². The van der Waals surface area contributed by atoms with Crippen molar-refractivity contribution < 1.29 is 97.0 Å². The Kier molecular flexibility index (Phi) is 10.3. The van der Waals surface area contributed by atoms with E-state index in [0.29, 0.717) is 0 Å². The molecule has 10 unspecified atom stereocenters. The third-order valence-corrected chi connectivity index (χ3v) is 7.32. The number of halogens is 1. The number of aliphatic hydroxyl groups is 8. The molecule has 3 heterocycles. The van der Waals surface area contributed by atoms with Gasteiger partial charge in [0.15, 0.2) is 17.2 Å². The Hall–Kier alpha value is -3.46. The largest absolute Gasteiger partial charge is 1.00 e. The molecule has 248 valence electrons. The van der Waals surface area contributed by atoms with E-state index in [2.05, 4.69) is 0 Å². The molecule has 2 aromatic carbocycles. The van der Waals surface area contributed by atoms with Crippen molar-refractivity contribution in [3.05, 3.63) is 30.3 Å². The van der Waals surface area contributed by atoms with E-state index in [4.69, 9.17) is 23.4 Å². The van der Waals surface area contributed by atoms with Gasteiger partial charge in [-0.3, -0.25) is 0 Å². The molecule has 0 bridgehead atoms. The fourth-order valence-electron chi connectivity index (χ4n) is 4.87. The van der Waals surface area contributed by atoms with Crippen LogP contribution in [0, 0.1) is 0 Å². The van der Waals surface area contributed by atoms with Crippen LogP contribution in [-0.2, 0) is 9.47 Å². The summed E-state index contributed by atoms with van der Waals surface area (Å²) in [5.41, 5.74) is -0.258. The van der Waals surface area contributed by atoms with Crippen LogP contribution < -0.4 is 21.9 Å². The van der Waals surface area contributed by atoms with Gasteiger partial charge in [-0.2, -0.15) is 0 Å². The van der Waals surface area contributed by atoms with E-state index in [1.54, 1.807) is 0 Å². The Balaban J connectivity index is 0.00000461. The Morgan fingerprint density at radius 3 is 1.60 bits per heavy atom. The summed E-state index contributed by atoms with van der Waals surface area (Å²) in [5, 5.41) is 121.